The van der Waals surface area contributed by atoms with Gasteiger partial charge >= 0.3 is 6.18 Å². The van der Waals surface area contributed by atoms with Crippen LogP contribution in [-0.4, -0.2) is 56.5 Å². The van der Waals surface area contributed by atoms with Crippen molar-refractivity contribution in [3.05, 3.63) is 99.8 Å². The molecule has 0 N–H and O–H groups in total. The van der Waals surface area contributed by atoms with Crippen molar-refractivity contribution in [1.29, 1.82) is 0 Å². The highest BCUT2D eigenvalue weighted by molar-refractivity contribution is 6.42. The van der Waals surface area contributed by atoms with Gasteiger partial charge in [-0.25, -0.2) is 9.50 Å². The Labute approximate surface area is 237 Å². The maximum Gasteiger partial charge on any atom is 0.433 e. The second-order valence-corrected chi connectivity index (χ2v) is 10.5. The van der Waals surface area contributed by atoms with Crippen molar-refractivity contribution in [2.75, 3.05) is 26.2 Å². The van der Waals surface area contributed by atoms with E-state index in [0.717, 1.165) is 22.4 Å². The maximum absolute atomic E-state index is 14.1. The Morgan fingerprint density at radius 1 is 0.850 bits per heavy atom. The van der Waals surface area contributed by atoms with Crippen molar-refractivity contribution in [3.63, 3.8) is 0 Å². The average Bonchev–Trinajstić information content (AvgIpc) is 3.38. The first-order valence-corrected chi connectivity index (χ1v) is 13.3. The number of fused-ring (bicyclic) bond motifs is 2. The summed E-state index contributed by atoms with van der Waals surface area (Å²) in [6.45, 7) is 2.66. The minimum absolute atomic E-state index is 0.0420. The molecule has 11 heteroatoms. The minimum Gasteiger partial charge on any atom is -0.335 e. The van der Waals surface area contributed by atoms with Gasteiger partial charge in [-0.05, 0) is 40.6 Å². The summed E-state index contributed by atoms with van der Waals surface area (Å²) in [4.78, 5) is 21.5. The summed E-state index contributed by atoms with van der Waals surface area (Å²) in [6.07, 6.45) is -4.70. The predicted molar refractivity (Wildman–Crippen MR) is 149 cm³/mol. The molecule has 6 rings (SSSR count). The van der Waals surface area contributed by atoms with Gasteiger partial charge < -0.3 is 4.90 Å². The molecule has 3 heterocycles. The van der Waals surface area contributed by atoms with E-state index in [1.807, 2.05) is 42.5 Å². The number of rotatable bonds is 4. The maximum atomic E-state index is 14.1. The van der Waals surface area contributed by atoms with Crippen LogP contribution in [0.25, 0.3) is 27.7 Å². The van der Waals surface area contributed by atoms with Gasteiger partial charge in [0.15, 0.2) is 17.0 Å². The van der Waals surface area contributed by atoms with Crippen LogP contribution in [0.15, 0.2) is 72.8 Å². The van der Waals surface area contributed by atoms with E-state index in [4.69, 9.17) is 23.2 Å². The van der Waals surface area contributed by atoms with E-state index in [9.17, 15) is 18.0 Å². The first-order chi connectivity index (χ1) is 19.2. The van der Waals surface area contributed by atoms with E-state index in [1.165, 1.54) is 6.07 Å². The number of hydrogen-bond donors (Lipinski definition) is 0. The van der Waals surface area contributed by atoms with Gasteiger partial charge in [0, 0.05) is 44.4 Å². The molecule has 1 aliphatic heterocycles. The lowest BCUT2D eigenvalue weighted by atomic mass is 10.0. The summed E-state index contributed by atoms with van der Waals surface area (Å²) in [7, 11) is 0. The van der Waals surface area contributed by atoms with Crippen molar-refractivity contribution in [3.8, 4) is 11.3 Å². The fourth-order valence-electron chi connectivity index (χ4n) is 4.94. The molecule has 40 heavy (non-hydrogen) atoms. The monoisotopic (exact) mass is 583 g/mol. The van der Waals surface area contributed by atoms with Crippen molar-refractivity contribution < 1.29 is 18.0 Å². The van der Waals surface area contributed by atoms with Gasteiger partial charge in [0.05, 0.1) is 15.7 Å². The lowest BCUT2D eigenvalue weighted by Gasteiger charge is -2.34. The van der Waals surface area contributed by atoms with Crippen LogP contribution in [-0.2, 0) is 12.7 Å². The molecule has 5 aromatic rings. The topological polar surface area (TPSA) is 53.7 Å². The fourth-order valence-corrected chi connectivity index (χ4v) is 5.27. The zero-order valence-corrected chi connectivity index (χ0v) is 22.5. The Morgan fingerprint density at radius 2 is 1.60 bits per heavy atom. The SMILES string of the molecule is O=C(c1cc2nc(-c3ccc4ccccc4c3)cc(C(F)(F)F)n2n1)N1CCN(Cc2ccc(Cl)c(Cl)c2)CC1. The predicted octanol–water partition coefficient (Wildman–Crippen LogP) is 6.83. The van der Waals surface area contributed by atoms with E-state index in [0.29, 0.717) is 52.8 Å². The minimum atomic E-state index is -4.70. The van der Waals surface area contributed by atoms with Gasteiger partial charge in [0.2, 0.25) is 0 Å². The van der Waals surface area contributed by atoms with Gasteiger partial charge in [-0.15, -0.1) is 0 Å². The number of benzene rings is 3. The lowest BCUT2D eigenvalue weighted by molar-refractivity contribution is -0.142. The van der Waals surface area contributed by atoms with Gasteiger partial charge in [-0.3, -0.25) is 9.69 Å². The molecule has 1 aliphatic rings. The van der Waals surface area contributed by atoms with Gasteiger partial charge in [0.25, 0.3) is 5.91 Å². The van der Waals surface area contributed by atoms with Crippen molar-refractivity contribution in [2.24, 2.45) is 0 Å². The summed E-state index contributed by atoms with van der Waals surface area (Å²) >= 11 is 12.1. The molecular weight excluding hydrogens is 562 g/mol. The van der Waals surface area contributed by atoms with Crippen LogP contribution in [0.3, 0.4) is 0 Å². The van der Waals surface area contributed by atoms with Gasteiger partial charge in [-0.1, -0.05) is 65.7 Å². The highest BCUT2D eigenvalue weighted by Crippen LogP contribution is 2.33. The third kappa shape index (κ3) is 5.24. The zero-order chi connectivity index (χ0) is 28.0. The number of alkyl halides is 3. The summed E-state index contributed by atoms with van der Waals surface area (Å²) in [5, 5.41) is 6.87. The summed E-state index contributed by atoms with van der Waals surface area (Å²) in [5.74, 6) is -0.430. The van der Waals surface area contributed by atoms with Crippen LogP contribution in [0.5, 0.6) is 0 Å². The molecule has 6 nitrogen and oxygen atoms in total. The molecule has 0 radical (unpaired) electrons. The number of hydrogen-bond acceptors (Lipinski definition) is 4. The van der Waals surface area contributed by atoms with E-state index >= 15 is 0 Å². The Balaban J connectivity index is 1.25. The summed E-state index contributed by atoms with van der Waals surface area (Å²) in [5.41, 5.74) is 0.583. The number of nitrogens with zero attached hydrogens (tertiary/aromatic N) is 5. The second-order valence-electron chi connectivity index (χ2n) is 9.70. The molecule has 3 aromatic carbocycles. The van der Waals surface area contributed by atoms with Gasteiger partial charge in [0.1, 0.15) is 0 Å². The number of amides is 1. The molecule has 0 unspecified atom stereocenters. The number of aromatic nitrogens is 3. The number of carbonyl (C=O) groups excluding carboxylic acids is 1. The molecule has 0 spiro atoms. The van der Waals surface area contributed by atoms with Crippen LogP contribution in [0.1, 0.15) is 21.7 Å². The number of piperazine rings is 1. The van der Waals surface area contributed by atoms with Crippen molar-refractivity contribution >= 4 is 45.5 Å². The highest BCUT2D eigenvalue weighted by atomic mass is 35.5. The average molecular weight is 584 g/mol. The smallest absolute Gasteiger partial charge is 0.335 e. The zero-order valence-electron chi connectivity index (χ0n) is 21.0. The van der Waals surface area contributed by atoms with E-state index in [-0.39, 0.29) is 17.0 Å². The number of halogens is 5. The summed E-state index contributed by atoms with van der Waals surface area (Å²) < 4.78 is 43.0. The lowest BCUT2D eigenvalue weighted by Crippen LogP contribution is -2.48. The van der Waals surface area contributed by atoms with Crippen molar-refractivity contribution in [2.45, 2.75) is 12.7 Å². The standard InChI is InChI=1S/C29H22Cl2F3N5O/c30-22-8-5-18(13-23(22)31)17-37-9-11-38(12-10-37)28(40)25-16-27-35-24(15-26(29(32,33)34)39(27)36-25)21-7-6-19-3-1-2-4-20(19)14-21/h1-8,13-16H,9-12,17H2. The van der Waals surface area contributed by atoms with Crippen LogP contribution < -0.4 is 0 Å². The summed E-state index contributed by atoms with van der Waals surface area (Å²) in [6, 6.07) is 20.7. The third-order valence-electron chi connectivity index (χ3n) is 7.03. The molecule has 1 fully saturated rings. The highest BCUT2D eigenvalue weighted by Gasteiger charge is 2.36. The van der Waals surface area contributed by atoms with Crippen LogP contribution in [0.2, 0.25) is 10.0 Å². The Morgan fingerprint density at radius 3 is 2.33 bits per heavy atom. The molecule has 1 saturated heterocycles. The molecular formula is C29H22Cl2F3N5O. The van der Waals surface area contributed by atoms with Crippen LogP contribution in [0.4, 0.5) is 13.2 Å². The first kappa shape index (κ1) is 26.6. The fraction of sp³-hybridized carbons (Fsp3) is 0.207. The quantitative estimate of drug-likeness (QED) is 0.232. The first-order valence-electron chi connectivity index (χ1n) is 12.6. The Kier molecular flexibility index (Phi) is 6.90. The van der Waals surface area contributed by atoms with Crippen LogP contribution >= 0.6 is 23.2 Å². The second kappa shape index (κ2) is 10.4. The third-order valence-corrected chi connectivity index (χ3v) is 7.77. The molecule has 0 atom stereocenters. The van der Waals surface area contributed by atoms with E-state index in [1.54, 1.807) is 23.1 Å². The van der Waals surface area contributed by atoms with E-state index in [2.05, 4.69) is 15.0 Å². The van der Waals surface area contributed by atoms with Crippen molar-refractivity contribution in [1.82, 2.24) is 24.4 Å². The van der Waals surface area contributed by atoms with Gasteiger partial charge in [-0.2, -0.15) is 18.3 Å². The molecule has 0 bridgehead atoms. The Bertz CT molecular complexity index is 1750. The number of carbonyl (C=O) groups is 1. The van der Waals surface area contributed by atoms with Crippen LogP contribution in [0, 0.1) is 0 Å². The molecule has 204 valence electrons. The molecule has 2 aromatic heterocycles. The van der Waals surface area contributed by atoms with E-state index < -0.39 is 17.8 Å². The normalized spacial score (nSPS) is 14.8. The largest absolute Gasteiger partial charge is 0.433 e. The Hall–Kier alpha value is -3.66. The molecule has 0 aliphatic carbocycles. The molecule has 1 amide bonds. The molecule has 0 saturated carbocycles.